The number of benzene rings is 2. The van der Waals surface area contributed by atoms with Crippen molar-refractivity contribution < 1.29 is 38.3 Å². The molecule has 2 heterocycles. The lowest BCUT2D eigenvalue weighted by Gasteiger charge is -2.42. The van der Waals surface area contributed by atoms with Gasteiger partial charge in [-0.1, -0.05) is 29.8 Å². The van der Waals surface area contributed by atoms with Gasteiger partial charge in [0, 0.05) is 13.2 Å². The SMILES string of the molecule is COc1cc(/C=C/C(=O)O[C@@H]2CC[C@]3(CO3)[C@@H]([C@@]3(C)O[C@@H]3CC=C(C)C)[C@@H]2OC)ccc1Oc1ccc(CO)cc1. The summed E-state index contributed by atoms with van der Waals surface area (Å²) in [6, 6.07) is 12.6. The van der Waals surface area contributed by atoms with Crippen molar-refractivity contribution in [2.45, 2.75) is 76.2 Å². The average Bonchev–Trinajstić information content (AvgIpc) is 3.89. The molecule has 8 nitrogen and oxygen atoms in total. The zero-order valence-corrected chi connectivity index (χ0v) is 24.4. The highest BCUT2D eigenvalue weighted by Gasteiger charge is 2.72. The van der Waals surface area contributed by atoms with Gasteiger partial charge in [-0.2, -0.15) is 0 Å². The third-order valence-corrected chi connectivity index (χ3v) is 8.44. The molecule has 220 valence electrons. The van der Waals surface area contributed by atoms with Crippen LogP contribution >= 0.6 is 0 Å². The molecule has 3 fully saturated rings. The Kier molecular flexibility index (Phi) is 8.57. The Morgan fingerprint density at radius 3 is 2.51 bits per heavy atom. The monoisotopic (exact) mass is 564 g/mol. The van der Waals surface area contributed by atoms with Crippen molar-refractivity contribution in [3.8, 4) is 17.2 Å². The summed E-state index contributed by atoms with van der Waals surface area (Å²) < 4.78 is 35.6. The van der Waals surface area contributed by atoms with Crippen LogP contribution < -0.4 is 9.47 Å². The van der Waals surface area contributed by atoms with Crippen molar-refractivity contribution in [3.05, 3.63) is 71.3 Å². The molecule has 0 radical (unpaired) electrons. The molecule has 0 aromatic heterocycles. The molecular weight excluding hydrogens is 524 g/mol. The van der Waals surface area contributed by atoms with Gasteiger partial charge in [0.15, 0.2) is 11.5 Å². The van der Waals surface area contributed by atoms with Gasteiger partial charge < -0.3 is 33.5 Å². The highest BCUT2D eigenvalue weighted by molar-refractivity contribution is 5.87. The molecule has 2 aromatic rings. The molecule has 1 saturated carbocycles. The van der Waals surface area contributed by atoms with Crippen LogP contribution in [0.5, 0.6) is 17.2 Å². The standard InChI is InChI=1S/C33H40O8/c1-21(2)6-14-28-32(3,41-28)31-30(37-5)26(16-17-33(31)20-38-33)40-29(35)15-10-22-9-13-25(27(18-22)36-4)39-24-11-7-23(19-34)8-12-24/h6-13,15,18,26,28,30-31,34H,14,16-17,19-20H2,1-5H3/b15-10+/t26-,28-,30-,31-,32+,33+/m1/s1. The number of hydrogen-bond donors (Lipinski definition) is 1. The Morgan fingerprint density at radius 1 is 1.12 bits per heavy atom. The van der Waals surface area contributed by atoms with Crippen LogP contribution in [0.4, 0.5) is 0 Å². The van der Waals surface area contributed by atoms with Crippen molar-refractivity contribution in [2.75, 3.05) is 20.8 Å². The highest BCUT2D eigenvalue weighted by atomic mass is 16.6. The van der Waals surface area contributed by atoms with E-state index in [-0.39, 0.29) is 35.9 Å². The molecule has 3 aliphatic rings. The van der Waals surface area contributed by atoms with Gasteiger partial charge in [-0.05, 0) is 81.5 Å². The molecule has 6 atom stereocenters. The number of methoxy groups -OCH3 is 2. The summed E-state index contributed by atoms with van der Waals surface area (Å²) in [4.78, 5) is 12.9. The molecule has 0 unspecified atom stereocenters. The molecule has 0 amide bonds. The highest BCUT2D eigenvalue weighted by Crippen LogP contribution is 2.59. The first-order valence-electron chi connectivity index (χ1n) is 14.1. The fourth-order valence-electron chi connectivity index (χ4n) is 6.09. The van der Waals surface area contributed by atoms with Gasteiger partial charge in [0.2, 0.25) is 0 Å². The smallest absolute Gasteiger partial charge is 0.331 e. The van der Waals surface area contributed by atoms with Crippen LogP contribution in [0.25, 0.3) is 6.08 Å². The molecule has 41 heavy (non-hydrogen) atoms. The molecule has 2 aliphatic heterocycles. The number of ether oxygens (including phenoxy) is 6. The van der Waals surface area contributed by atoms with E-state index in [1.54, 1.807) is 56.7 Å². The van der Waals surface area contributed by atoms with Gasteiger partial charge in [0.1, 0.15) is 29.2 Å². The Morgan fingerprint density at radius 2 is 1.88 bits per heavy atom. The van der Waals surface area contributed by atoms with E-state index in [2.05, 4.69) is 26.8 Å². The minimum absolute atomic E-state index is 0.0252. The minimum Gasteiger partial charge on any atom is -0.493 e. The van der Waals surface area contributed by atoms with Crippen molar-refractivity contribution in [2.24, 2.45) is 5.92 Å². The van der Waals surface area contributed by atoms with Gasteiger partial charge in [-0.15, -0.1) is 0 Å². The number of hydrogen-bond acceptors (Lipinski definition) is 8. The number of aliphatic hydroxyl groups is 1. The molecule has 2 saturated heterocycles. The Balaban J connectivity index is 1.23. The fourth-order valence-corrected chi connectivity index (χ4v) is 6.09. The van der Waals surface area contributed by atoms with E-state index in [0.717, 1.165) is 24.0 Å². The lowest BCUT2D eigenvalue weighted by Crippen LogP contribution is -2.55. The lowest BCUT2D eigenvalue weighted by molar-refractivity contribution is -0.166. The maximum Gasteiger partial charge on any atom is 0.331 e. The first-order chi connectivity index (χ1) is 19.7. The van der Waals surface area contributed by atoms with Gasteiger partial charge in [0.05, 0.1) is 32.3 Å². The summed E-state index contributed by atoms with van der Waals surface area (Å²) >= 11 is 0. The molecule has 2 aromatic carbocycles. The number of carbonyl (C=O) groups is 1. The van der Waals surface area contributed by atoms with E-state index >= 15 is 0 Å². The van der Waals surface area contributed by atoms with Crippen molar-refractivity contribution >= 4 is 12.0 Å². The predicted molar refractivity (Wildman–Crippen MR) is 154 cm³/mol. The molecule has 8 heteroatoms. The summed E-state index contributed by atoms with van der Waals surface area (Å²) in [6.07, 6.45) is 7.01. The fraction of sp³-hybridized carbons (Fsp3) is 0.485. The van der Waals surface area contributed by atoms with Crippen LogP contribution in [0.2, 0.25) is 0 Å². The summed E-state index contributed by atoms with van der Waals surface area (Å²) in [5, 5.41) is 9.23. The average molecular weight is 565 g/mol. The number of aliphatic hydroxyl groups excluding tert-OH is 1. The summed E-state index contributed by atoms with van der Waals surface area (Å²) in [5.74, 6) is 1.22. The first kappa shape index (κ1) is 29.3. The Bertz CT molecular complexity index is 1290. The van der Waals surface area contributed by atoms with Gasteiger partial charge >= 0.3 is 5.97 Å². The second-order valence-corrected chi connectivity index (χ2v) is 11.5. The van der Waals surface area contributed by atoms with Crippen LogP contribution in [-0.2, 0) is 30.3 Å². The quantitative estimate of drug-likeness (QED) is 0.163. The molecule has 1 N–H and O–H groups in total. The minimum atomic E-state index is -0.435. The number of carbonyl (C=O) groups excluding carboxylic acids is 1. The number of rotatable bonds is 11. The van der Waals surface area contributed by atoms with Crippen molar-refractivity contribution in [1.82, 2.24) is 0 Å². The van der Waals surface area contributed by atoms with E-state index < -0.39 is 12.1 Å². The second kappa shape index (κ2) is 12.0. The maximum atomic E-state index is 12.9. The van der Waals surface area contributed by atoms with Crippen LogP contribution in [0.15, 0.2) is 60.2 Å². The summed E-state index contributed by atoms with van der Waals surface area (Å²) in [5.41, 5.74) is 2.17. The van der Waals surface area contributed by atoms with Gasteiger partial charge in [-0.3, -0.25) is 0 Å². The number of epoxide rings is 2. The van der Waals surface area contributed by atoms with Crippen LogP contribution in [0.3, 0.4) is 0 Å². The van der Waals surface area contributed by atoms with Crippen molar-refractivity contribution in [3.63, 3.8) is 0 Å². The number of esters is 1. The zero-order valence-electron chi connectivity index (χ0n) is 24.4. The first-order valence-corrected chi connectivity index (χ1v) is 14.1. The molecule has 5 rings (SSSR count). The largest absolute Gasteiger partial charge is 0.493 e. The Labute approximate surface area is 241 Å². The van der Waals surface area contributed by atoms with Crippen LogP contribution in [-0.4, -0.2) is 61.4 Å². The van der Waals surface area contributed by atoms with E-state index in [4.69, 9.17) is 28.4 Å². The molecule has 1 spiro atoms. The Hall–Kier alpha value is -3.17. The van der Waals surface area contributed by atoms with E-state index in [0.29, 0.717) is 30.3 Å². The third-order valence-electron chi connectivity index (χ3n) is 8.44. The lowest BCUT2D eigenvalue weighted by atomic mass is 9.68. The van der Waals surface area contributed by atoms with Crippen LogP contribution in [0.1, 0.15) is 51.2 Å². The molecule has 1 aliphatic carbocycles. The van der Waals surface area contributed by atoms with Gasteiger partial charge in [-0.25, -0.2) is 4.79 Å². The molecule has 0 bridgehead atoms. The van der Waals surface area contributed by atoms with Crippen molar-refractivity contribution in [1.29, 1.82) is 0 Å². The van der Waals surface area contributed by atoms with Crippen LogP contribution in [0, 0.1) is 5.92 Å². The van der Waals surface area contributed by atoms with E-state index in [1.807, 2.05) is 6.07 Å². The second-order valence-electron chi connectivity index (χ2n) is 11.5. The number of allylic oxidation sites excluding steroid dienone is 1. The van der Waals surface area contributed by atoms with E-state index in [1.165, 1.54) is 11.6 Å². The third kappa shape index (κ3) is 6.36. The summed E-state index contributed by atoms with van der Waals surface area (Å²) in [6.45, 7) is 6.96. The molecular formula is C33H40O8. The van der Waals surface area contributed by atoms with E-state index in [9.17, 15) is 9.90 Å². The zero-order chi connectivity index (χ0) is 29.2. The predicted octanol–water partition coefficient (Wildman–Crippen LogP) is 5.61. The maximum absolute atomic E-state index is 12.9. The topological polar surface area (TPSA) is 99.3 Å². The van der Waals surface area contributed by atoms with Gasteiger partial charge in [0.25, 0.3) is 0 Å². The summed E-state index contributed by atoms with van der Waals surface area (Å²) in [7, 11) is 3.23. The normalized spacial score (nSPS) is 30.2.